The van der Waals surface area contributed by atoms with Crippen LogP contribution in [-0.4, -0.2) is 25.1 Å². The number of aromatic nitrogens is 1. The Morgan fingerprint density at radius 2 is 2.00 bits per heavy atom. The van der Waals surface area contributed by atoms with Crippen LogP contribution in [0, 0.1) is 0 Å². The van der Waals surface area contributed by atoms with Crippen LogP contribution in [0.2, 0.25) is 0 Å². The smallest absolute Gasteiger partial charge is 0.326 e. The normalized spacial score (nSPS) is 18.3. The molecule has 0 bridgehead atoms. The van der Waals surface area contributed by atoms with Gasteiger partial charge in [0.15, 0.2) is 5.03 Å². The molecule has 0 aromatic carbocycles. The molecule has 1 fully saturated rings. The van der Waals surface area contributed by atoms with Gasteiger partial charge in [-0.1, -0.05) is 6.07 Å². The summed E-state index contributed by atoms with van der Waals surface area (Å²) in [6.45, 7) is 0.174. The number of halogens is 3. The minimum atomic E-state index is -4.60. The lowest BCUT2D eigenvalue weighted by atomic mass is 10.3. The molecule has 3 N–H and O–H groups in total. The number of sulfonamides is 1. The van der Waals surface area contributed by atoms with Crippen LogP contribution in [-0.2, 0) is 16.6 Å². The second kappa shape index (κ2) is 4.43. The van der Waals surface area contributed by atoms with E-state index in [-0.39, 0.29) is 19.4 Å². The first-order valence-corrected chi connectivity index (χ1v) is 6.94. The Morgan fingerprint density at radius 1 is 1.37 bits per heavy atom. The van der Waals surface area contributed by atoms with E-state index in [0.717, 1.165) is 6.07 Å². The fourth-order valence-corrected chi connectivity index (χ4v) is 2.95. The standard InChI is InChI=1S/C10H12F3N3O2S/c11-10(12,13)9(3-4-9)16-19(17,18)8-2-1-7(5-14)6-15-8/h1-2,6,16H,3-5,14H2. The summed E-state index contributed by atoms with van der Waals surface area (Å²) in [5.74, 6) is 0. The van der Waals surface area contributed by atoms with Gasteiger partial charge < -0.3 is 5.73 Å². The summed E-state index contributed by atoms with van der Waals surface area (Å²) >= 11 is 0. The first-order chi connectivity index (χ1) is 8.70. The highest BCUT2D eigenvalue weighted by atomic mass is 32.2. The van der Waals surface area contributed by atoms with Gasteiger partial charge in [0.25, 0.3) is 10.0 Å². The zero-order valence-corrected chi connectivity index (χ0v) is 10.6. The number of rotatable bonds is 4. The van der Waals surface area contributed by atoms with Gasteiger partial charge in [0.05, 0.1) is 0 Å². The van der Waals surface area contributed by atoms with Crippen molar-refractivity contribution < 1.29 is 21.6 Å². The zero-order valence-electron chi connectivity index (χ0n) is 9.74. The highest BCUT2D eigenvalue weighted by Gasteiger charge is 2.65. The maximum Gasteiger partial charge on any atom is 0.407 e. The van der Waals surface area contributed by atoms with E-state index in [9.17, 15) is 21.6 Å². The van der Waals surface area contributed by atoms with Crippen molar-refractivity contribution in [2.45, 2.75) is 36.1 Å². The number of alkyl halides is 3. The molecule has 1 heterocycles. The lowest BCUT2D eigenvalue weighted by Crippen LogP contribution is -2.47. The second-order valence-corrected chi connectivity index (χ2v) is 6.02. The van der Waals surface area contributed by atoms with Crippen LogP contribution in [0.15, 0.2) is 23.4 Å². The lowest BCUT2D eigenvalue weighted by molar-refractivity contribution is -0.160. The Morgan fingerprint density at radius 3 is 2.37 bits per heavy atom. The minimum Gasteiger partial charge on any atom is -0.326 e. The number of hydrogen-bond donors (Lipinski definition) is 2. The third kappa shape index (κ3) is 2.72. The average molecular weight is 295 g/mol. The molecule has 0 aliphatic heterocycles. The van der Waals surface area contributed by atoms with Gasteiger partial charge >= 0.3 is 6.18 Å². The molecule has 1 aliphatic rings. The molecular weight excluding hydrogens is 283 g/mol. The lowest BCUT2D eigenvalue weighted by Gasteiger charge is -2.20. The van der Waals surface area contributed by atoms with Crippen LogP contribution in [0.25, 0.3) is 0 Å². The van der Waals surface area contributed by atoms with Crippen LogP contribution < -0.4 is 10.5 Å². The first-order valence-electron chi connectivity index (χ1n) is 5.46. The molecule has 5 nitrogen and oxygen atoms in total. The summed E-state index contributed by atoms with van der Waals surface area (Å²) in [5, 5.41) is -0.444. The first kappa shape index (κ1) is 14.2. The monoisotopic (exact) mass is 295 g/mol. The molecule has 1 aromatic heterocycles. The average Bonchev–Trinajstić information content (AvgIpc) is 3.09. The molecule has 0 radical (unpaired) electrons. The molecule has 1 aliphatic carbocycles. The van der Waals surface area contributed by atoms with Crippen molar-refractivity contribution in [3.63, 3.8) is 0 Å². The minimum absolute atomic E-state index is 0.174. The zero-order chi connectivity index (χ0) is 14.3. The van der Waals surface area contributed by atoms with Crippen molar-refractivity contribution in [3.8, 4) is 0 Å². The maximum atomic E-state index is 12.7. The van der Waals surface area contributed by atoms with Gasteiger partial charge in [0.1, 0.15) is 5.54 Å². The van der Waals surface area contributed by atoms with Gasteiger partial charge in [0.2, 0.25) is 0 Å². The quantitative estimate of drug-likeness (QED) is 0.864. The predicted molar refractivity (Wildman–Crippen MR) is 60.5 cm³/mol. The summed E-state index contributed by atoms with van der Waals surface area (Å²) in [6, 6.07) is 2.55. The molecule has 2 rings (SSSR count). The Hall–Kier alpha value is -1.19. The third-order valence-corrected chi connectivity index (χ3v) is 4.38. The van der Waals surface area contributed by atoms with Crippen molar-refractivity contribution >= 4 is 10.0 Å². The van der Waals surface area contributed by atoms with Crippen molar-refractivity contribution in [1.82, 2.24) is 9.71 Å². The maximum absolute atomic E-state index is 12.7. The molecule has 0 saturated heterocycles. The topological polar surface area (TPSA) is 85.1 Å². The number of pyridine rings is 1. The van der Waals surface area contributed by atoms with Crippen molar-refractivity contribution in [2.75, 3.05) is 0 Å². The Kier molecular flexibility index (Phi) is 3.31. The van der Waals surface area contributed by atoms with Crippen LogP contribution in [0.1, 0.15) is 18.4 Å². The molecule has 0 amide bonds. The highest BCUT2D eigenvalue weighted by molar-refractivity contribution is 7.89. The van der Waals surface area contributed by atoms with E-state index in [4.69, 9.17) is 5.73 Å². The molecular formula is C10H12F3N3O2S. The van der Waals surface area contributed by atoms with Gasteiger partial charge in [-0.3, -0.25) is 0 Å². The summed E-state index contributed by atoms with van der Waals surface area (Å²) < 4.78 is 63.4. The van der Waals surface area contributed by atoms with Crippen LogP contribution in [0.4, 0.5) is 13.2 Å². The number of hydrogen-bond acceptors (Lipinski definition) is 4. The van der Waals surface area contributed by atoms with E-state index < -0.39 is 26.8 Å². The van der Waals surface area contributed by atoms with E-state index in [1.165, 1.54) is 12.3 Å². The van der Waals surface area contributed by atoms with E-state index in [1.54, 1.807) is 4.72 Å². The highest BCUT2D eigenvalue weighted by Crippen LogP contribution is 2.49. The number of nitrogens with zero attached hydrogens (tertiary/aromatic N) is 1. The Labute approximate surface area is 108 Å². The molecule has 106 valence electrons. The fraction of sp³-hybridized carbons (Fsp3) is 0.500. The van der Waals surface area contributed by atoms with Crippen LogP contribution >= 0.6 is 0 Å². The van der Waals surface area contributed by atoms with E-state index >= 15 is 0 Å². The van der Waals surface area contributed by atoms with Crippen molar-refractivity contribution in [3.05, 3.63) is 23.9 Å². The molecule has 0 atom stereocenters. The van der Waals surface area contributed by atoms with Crippen LogP contribution in [0.3, 0.4) is 0 Å². The predicted octanol–water partition coefficient (Wildman–Crippen LogP) is 0.914. The Balaban J connectivity index is 2.23. The summed E-state index contributed by atoms with van der Waals surface area (Å²) in [4.78, 5) is 3.62. The fourth-order valence-electron chi connectivity index (χ4n) is 1.57. The molecule has 0 unspecified atom stereocenters. The molecule has 0 spiro atoms. The molecule has 19 heavy (non-hydrogen) atoms. The van der Waals surface area contributed by atoms with Gasteiger partial charge in [0, 0.05) is 12.7 Å². The van der Waals surface area contributed by atoms with Crippen molar-refractivity contribution in [1.29, 1.82) is 0 Å². The van der Waals surface area contributed by atoms with Gasteiger partial charge in [-0.25, -0.2) is 13.4 Å². The Bertz CT molecular complexity index is 565. The summed E-state index contributed by atoms with van der Waals surface area (Å²) in [7, 11) is -4.29. The van der Waals surface area contributed by atoms with Gasteiger partial charge in [-0.2, -0.15) is 17.9 Å². The van der Waals surface area contributed by atoms with E-state index in [1.807, 2.05) is 0 Å². The summed E-state index contributed by atoms with van der Waals surface area (Å²) in [5.41, 5.74) is 3.58. The van der Waals surface area contributed by atoms with Gasteiger partial charge in [-0.05, 0) is 24.5 Å². The molecule has 9 heteroatoms. The molecule has 1 saturated carbocycles. The van der Waals surface area contributed by atoms with E-state index in [2.05, 4.69) is 4.98 Å². The number of nitrogens with two attached hydrogens (primary N) is 1. The van der Waals surface area contributed by atoms with Crippen LogP contribution in [0.5, 0.6) is 0 Å². The SMILES string of the molecule is NCc1ccc(S(=O)(=O)NC2(C(F)(F)F)CC2)nc1. The van der Waals surface area contributed by atoms with Crippen molar-refractivity contribution in [2.24, 2.45) is 5.73 Å². The largest absolute Gasteiger partial charge is 0.407 e. The summed E-state index contributed by atoms with van der Waals surface area (Å²) in [6.07, 6.45) is -3.88. The van der Waals surface area contributed by atoms with Gasteiger partial charge in [-0.15, -0.1) is 0 Å². The number of nitrogens with one attached hydrogen (secondary N) is 1. The third-order valence-electron chi connectivity index (χ3n) is 2.93. The molecule has 1 aromatic rings. The second-order valence-electron chi connectivity index (χ2n) is 4.39. The van der Waals surface area contributed by atoms with E-state index in [0.29, 0.717) is 5.56 Å².